The Morgan fingerprint density at radius 3 is 2.75 bits per heavy atom. The molecule has 0 spiro atoms. The molecule has 0 atom stereocenters. The summed E-state index contributed by atoms with van der Waals surface area (Å²) in [5.74, 6) is 2.02. The summed E-state index contributed by atoms with van der Waals surface area (Å²) in [5, 5.41) is 10.7. The van der Waals surface area contributed by atoms with Crippen LogP contribution in [0.25, 0.3) is 6.08 Å². The Morgan fingerprint density at radius 1 is 1.30 bits per heavy atom. The lowest BCUT2D eigenvalue weighted by Gasteiger charge is -2.11. The molecule has 1 aliphatic heterocycles. The molecule has 0 bridgehead atoms. The first-order valence-corrected chi connectivity index (χ1v) is 8.06. The van der Waals surface area contributed by atoms with Gasteiger partial charge in [0.1, 0.15) is 0 Å². The van der Waals surface area contributed by atoms with Gasteiger partial charge in [0.05, 0.1) is 4.92 Å². The summed E-state index contributed by atoms with van der Waals surface area (Å²) < 4.78 is 1.05. The zero-order chi connectivity index (χ0) is 14.4. The van der Waals surface area contributed by atoms with E-state index in [2.05, 4.69) is 0 Å². The maximum Gasteiger partial charge on any atom is 0.270 e. The number of benzene rings is 1. The van der Waals surface area contributed by atoms with Gasteiger partial charge in [-0.3, -0.25) is 14.9 Å². The predicted molar refractivity (Wildman–Crippen MR) is 84.8 cm³/mol. The Hall–Kier alpha value is -1.53. The fraction of sp³-hybridized carbons (Fsp3) is 0.214. The zero-order valence-corrected chi connectivity index (χ0v) is 12.3. The molecule has 1 aromatic carbocycles. The van der Waals surface area contributed by atoms with Gasteiger partial charge in [0.2, 0.25) is 0 Å². The largest absolute Gasteiger partial charge is 0.290 e. The highest BCUT2D eigenvalue weighted by atomic mass is 32.2. The quantitative estimate of drug-likeness (QED) is 0.480. The number of carbonyl (C=O) groups excluding carboxylic acids is 1. The SMILES string of the molecule is O=C(C=C1SCCCS1)/C=C\c1cccc([N+](=O)[O-])c1. The van der Waals surface area contributed by atoms with E-state index >= 15 is 0 Å². The van der Waals surface area contributed by atoms with E-state index in [1.54, 1.807) is 47.8 Å². The fourth-order valence-electron chi connectivity index (χ4n) is 1.61. The molecule has 0 aromatic heterocycles. The van der Waals surface area contributed by atoms with E-state index in [0.29, 0.717) is 5.56 Å². The highest BCUT2D eigenvalue weighted by Gasteiger charge is 2.08. The molecule has 104 valence electrons. The third-order valence-electron chi connectivity index (χ3n) is 2.56. The molecule has 1 heterocycles. The lowest BCUT2D eigenvalue weighted by Crippen LogP contribution is -1.94. The molecule has 0 saturated carbocycles. The number of nitro benzene ring substituents is 1. The molecule has 0 aliphatic carbocycles. The minimum absolute atomic E-state index is 0.0244. The van der Waals surface area contributed by atoms with Gasteiger partial charge < -0.3 is 0 Å². The summed E-state index contributed by atoms with van der Waals surface area (Å²) in [6, 6.07) is 6.21. The molecule has 0 amide bonds. The Kier molecular flexibility index (Phi) is 5.43. The maximum absolute atomic E-state index is 11.8. The number of non-ortho nitro benzene ring substituents is 1. The first-order chi connectivity index (χ1) is 9.65. The van der Waals surface area contributed by atoms with Crippen molar-refractivity contribution in [3.05, 3.63) is 56.3 Å². The number of ketones is 1. The average Bonchev–Trinajstić information content (AvgIpc) is 2.46. The van der Waals surface area contributed by atoms with Crippen molar-refractivity contribution in [2.75, 3.05) is 11.5 Å². The monoisotopic (exact) mass is 307 g/mol. The second kappa shape index (κ2) is 7.31. The van der Waals surface area contributed by atoms with Crippen LogP contribution in [-0.4, -0.2) is 22.2 Å². The normalized spacial score (nSPS) is 15.3. The minimum atomic E-state index is -0.448. The van der Waals surface area contributed by atoms with Gasteiger partial charge in [-0.2, -0.15) is 0 Å². The molecule has 2 rings (SSSR count). The summed E-state index contributed by atoms with van der Waals surface area (Å²) in [6.45, 7) is 0. The Bertz CT molecular complexity index is 574. The number of rotatable bonds is 4. The third kappa shape index (κ3) is 4.54. The first kappa shape index (κ1) is 14.9. The zero-order valence-electron chi connectivity index (χ0n) is 10.7. The van der Waals surface area contributed by atoms with Crippen LogP contribution in [0.3, 0.4) is 0 Å². The standard InChI is InChI=1S/C14H13NO3S2/c16-13(10-14-19-7-2-8-20-14)6-5-11-3-1-4-12(9-11)15(17)18/h1,3-6,9-10H,2,7-8H2/b6-5-. The molecule has 0 radical (unpaired) electrons. The van der Waals surface area contributed by atoms with E-state index < -0.39 is 4.92 Å². The van der Waals surface area contributed by atoms with E-state index in [1.165, 1.54) is 24.6 Å². The average molecular weight is 307 g/mol. The highest BCUT2D eigenvalue weighted by molar-refractivity contribution is 8.22. The van der Waals surface area contributed by atoms with Crippen molar-refractivity contribution >= 4 is 41.1 Å². The van der Waals surface area contributed by atoms with Crippen molar-refractivity contribution in [3.8, 4) is 0 Å². The molecule has 0 N–H and O–H groups in total. The second-order valence-electron chi connectivity index (χ2n) is 4.10. The number of nitrogens with zero attached hydrogens (tertiary/aromatic N) is 1. The van der Waals surface area contributed by atoms with E-state index in [0.717, 1.165) is 15.7 Å². The maximum atomic E-state index is 11.8. The van der Waals surface area contributed by atoms with Crippen LogP contribution in [0.2, 0.25) is 0 Å². The third-order valence-corrected chi connectivity index (χ3v) is 5.06. The minimum Gasteiger partial charge on any atom is -0.290 e. The molecule has 20 heavy (non-hydrogen) atoms. The van der Waals surface area contributed by atoms with Gasteiger partial charge in [0.25, 0.3) is 5.69 Å². The predicted octanol–water partition coefficient (Wildman–Crippen LogP) is 3.89. The van der Waals surface area contributed by atoms with Crippen LogP contribution in [0.5, 0.6) is 0 Å². The smallest absolute Gasteiger partial charge is 0.270 e. The molecule has 0 unspecified atom stereocenters. The van der Waals surface area contributed by atoms with Crippen LogP contribution in [0.4, 0.5) is 5.69 Å². The van der Waals surface area contributed by atoms with E-state index in [1.807, 2.05) is 0 Å². The van der Waals surface area contributed by atoms with Crippen LogP contribution >= 0.6 is 23.5 Å². The van der Waals surface area contributed by atoms with Crippen molar-refractivity contribution in [1.29, 1.82) is 0 Å². The number of hydrogen-bond acceptors (Lipinski definition) is 5. The van der Waals surface area contributed by atoms with Crippen LogP contribution in [0.15, 0.2) is 40.7 Å². The molecule has 1 saturated heterocycles. The van der Waals surface area contributed by atoms with Gasteiger partial charge in [-0.05, 0) is 29.6 Å². The number of thioether (sulfide) groups is 2. The van der Waals surface area contributed by atoms with Gasteiger partial charge in [-0.1, -0.05) is 18.2 Å². The number of hydrogen-bond donors (Lipinski definition) is 0. The van der Waals surface area contributed by atoms with Crippen molar-refractivity contribution < 1.29 is 9.72 Å². The van der Waals surface area contributed by atoms with Crippen molar-refractivity contribution in [1.82, 2.24) is 0 Å². The molecule has 1 aliphatic rings. The van der Waals surface area contributed by atoms with E-state index in [9.17, 15) is 14.9 Å². The Morgan fingerprint density at radius 2 is 2.05 bits per heavy atom. The van der Waals surface area contributed by atoms with Gasteiger partial charge in [-0.15, -0.1) is 23.5 Å². The van der Waals surface area contributed by atoms with Crippen molar-refractivity contribution in [2.24, 2.45) is 0 Å². The summed E-state index contributed by atoms with van der Waals surface area (Å²) in [7, 11) is 0. The first-order valence-electron chi connectivity index (χ1n) is 6.09. The summed E-state index contributed by atoms with van der Waals surface area (Å²) >= 11 is 3.40. The van der Waals surface area contributed by atoms with Gasteiger partial charge in [0.15, 0.2) is 5.78 Å². The fourth-order valence-corrected chi connectivity index (χ4v) is 4.01. The highest BCUT2D eigenvalue weighted by Crippen LogP contribution is 2.34. The van der Waals surface area contributed by atoms with Crippen LogP contribution in [0, 0.1) is 10.1 Å². The number of carbonyl (C=O) groups is 1. The number of nitro groups is 1. The molecule has 6 heteroatoms. The summed E-state index contributed by atoms with van der Waals surface area (Å²) in [5.41, 5.74) is 0.672. The molecule has 4 nitrogen and oxygen atoms in total. The molecule has 1 fully saturated rings. The Balaban J connectivity index is 2.03. The van der Waals surface area contributed by atoms with Crippen LogP contribution in [0.1, 0.15) is 12.0 Å². The van der Waals surface area contributed by atoms with Crippen LogP contribution in [-0.2, 0) is 4.79 Å². The lowest BCUT2D eigenvalue weighted by atomic mass is 10.2. The summed E-state index contributed by atoms with van der Waals surface area (Å²) in [6.07, 6.45) is 5.85. The molecular formula is C14H13NO3S2. The number of allylic oxidation sites excluding steroid dienone is 2. The van der Waals surface area contributed by atoms with Crippen molar-refractivity contribution in [2.45, 2.75) is 6.42 Å². The topological polar surface area (TPSA) is 60.2 Å². The van der Waals surface area contributed by atoms with E-state index in [-0.39, 0.29) is 11.5 Å². The molecular weight excluding hydrogens is 294 g/mol. The van der Waals surface area contributed by atoms with Crippen LogP contribution < -0.4 is 0 Å². The lowest BCUT2D eigenvalue weighted by molar-refractivity contribution is -0.384. The molecule has 1 aromatic rings. The summed E-state index contributed by atoms with van der Waals surface area (Å²) in [4.78, 5) is 22.0. The van der Waals surface area contributed by atoms with Gasteiger partial charge >= 0.3 is 0 Å². The second-order valence-corrected chi connectivity index (χ2v) is 6.63. The van der Waals surface area contributed by atoms with Gasteiger partial charge in [-0.25, -0.2) is 0 Å². The van der Waals surface area contributed by atoms with E-state index in [4.69, 9.17) is 0 Å². The Labute approximate surface area is 125 Å². The van der Waals surface area contributed by atoms with Gasteiger partial charge in [0, 0.05) is 22.4 Å². The van der Waals surface area contributed by atoms with Crippen molar-refractivity contribution in [3.63, 3.8) is 0 Å².